The molecule has 0 radical (unpaired) electrons. The summed E-state index contributed by atoms with van der Waals surface area (Å²) in [6.07, 6.45) is 0. The molecule has 114 valence electrons. The second-order valence-electron chi connectivity index (χ2n) is 4.60. The van der Waals surface area contributed by atoms with E-state index in [1.165, 1.54) is 0 Å². The summed E-state index contributed by atoms with van der Waals surface area (Å²) in [5.74, 6) is 2.67. The van der Waals surface area contributed by atoms with Crippen LogP contribution in [0.4, 0.5) is 0 Å². The number of hydrogen-bond donors (Lipinski definition) is 2. The first-order valence-electron chi connectivity index (χ1n) is 6.83. The van der Waals surface area contributed by atoms with E-state index in [2.05, 4.69) is 31.1 Å². The van der Waals surface area contributed by atoms with Crippen molar-refractivity contribution in [2.75, 3.05) is 37.7 Å². The van der Waals surface area contributed by atoms with Crippen LogP contribution in [0.1, 0.15) is 10.4 Å². The SMILES string of the molecule is NC(=NCCNC(=O)c1ccc(Br)cc1)N1CCSCC1. The summed E-state index contributed by atoms with van der Waals surface area (Å²) in [5, 5.41) is 2.84. The Morgan fingerprint density at radius 2 is 2.00 bits per heavy atom. The molecule has 7 heteroatoms. The van der Waals surface area contributed by atoms with Crippen molar-refractivity contribution < 1.29 is 4.79 Å². The topological polar surface area (TPSA) is 70.7 Å². The number of carbonyl (C=O) groups excluding carboxylic acids is 1. The third kappa shape index (κ3) is 5.24. The Morgan fingerprint density at radius 1 is 1.33 bits per heavy atom. The summed E-state index contributed by atoms with van der Waals surface area (Å²) >= 11 is 5.28. The number of nitrogens with zero attached hydrogens (tertiary/aromatic N) is 2. The third-order valence-electron chi connectivity index (χ3n) is 3.11. The second kappa shape index (κ2) is 8.29. The van der Waals surface area contributed by atoms with Crippen LogP contribution in [-0.4, -0.2) is 54.5 Å². The maximum atomic E-state index is 11.9. The van der Waals surface area contributed by atoms with Crippen LogP contribution in [-0.2, 0) is 0 Å². The minimum Gasteiger partial charge on any atom is -0.370 e. The lowest BCUT2D eigenvalue weighted by Crippen LogP contribution is -2.43. The minimum atomic E-state index is -0.0920. The number of carbonyl (C=O) groups is 1. The smallest absolute Gasteiger partial charge is 0.251 e. The average molecular weight is 371 g/mol. The van der Waals surface area contributed by atoms with E-state index in [0.717, 1.165) is 29.1 Å². The number of amides is 1. The Morgan fingerprint density at radius 3 is 2.67 bits per heavy atom. The molecule has 0 spiro atoms. The quantitative estimate of drug-likeness (QED) is 0.479. The largest absolute Gasteiger partial charge is 0.370 e. The standard InChI is InChI=1S/C14H19BrN4OS/c15-12-3-1-11(2-4-12)13(20)17-5-6-18-14(16)19-7-9-21-10-8-19/h1-4H,5-10H2,(H2,16,18)(H,17,20). The molecule has 0 aliphatic carbocycles. The van der Waals surface area contributed by atoms with Crippen molar-refractivity contribution in [1.82, 2.24) is 10.2 Å². The predicted octanol–water partition coefficient (Wildman–Crippen LogP) is 1.54. The summed E-state index contributed by atoms with van der Waals surface area (Å²) in [6.45, 7) is 2.88. The van der Waals surface area contributed by atoms with Crippen molar-refractivity contribution in [3.8, 4) is 0 Å². The number of benzene rings is 1. The Bertz CT molecular complexity index is 500. The fourth-order valence-corrected chi connectivity index (χ4v) is 3.10. The zero-order valence-corrected chi connectivity index (χ0v) is 14.1. The number of thioether (sulfide) groups is 1. The van der Waals surface area contributed by atoms with Gasteiger partial charge >= 0.3 is 0 Å². The van der Waals surface area contributed by atoms with Gasteiger partial charge in [0.1, 0.15) is 0 Å². The maximum absolute atomic E-state index is 11.9. The highest BCUT2D eigenvalue weighted by Gasteiger charge is 2.11. The first kappa shape index (κ1) is 16.2. The molecule has 21 heavy (non-hydrogen) atoms. The highest BCUT2D eigenvalue weighted by atomic mass is 79.9. The summed E-state index contributed by atoms with van der Waals surface area (Å²) in [4.78, 5) is 18.3. The average Bonchev–Trinajstić information content (AvgIpc) is 2.52. The summed E-state index contributed by atoms with van der Waals surface area (Å²) in [6, 6.07) is 7.25. The third-order valence-corrected chi connectivity index (χ3v) is 4.58. The van der Waals surface area contributed by atoms with Gasteiger partial charge in [0.2, 0.25) is 0 Å². The first-order valence-corrected chi connectivity index (χ1v) is 8.78. The Balaban J connectivity index is 1.73. The number of hydrogen-bond acceptors (Lipinski definition) is 3. The van der Waals surface area contributed by atoms with Gasteiger partial charge in [-0.2, -0.15) is 11.8 Å². The predicted molar refractivity (Wildman–Crippen MR) is 91.9 cm³/mol. The van der Waals surface area contributed by atoms with Crippen molar-refractivity contribution in [1.29, 1.82) is 0 Å². The van der Waals surface area contributed by atoms with E-state index < -0.39 is 0 Å². The number of guanidine groups is 1. The van der Waals surface area contributed by atoms with Gasteiger partial charge in [0, 0.05) is 41.2 Å². The molecular formula is C14H19BrN4OS. The monoisotopic (exact) mass is 370 g/mol. The van der Waals surface area contributed by atoms with Crippen LogP contribution in [0.25, 0.3) is 0 Å². The fourth-order valence-electron chi connectivity index (χ4n) is 1.94. The fraction of sp³-hybridized carbons (Fsp3) is 0.429. The molecule has 0 atom stereocenters. The van der Waals surface area contributed by atoms with Crippen LogP contribution in [0, 0.1) is 0 Å². The minimum absolute atomic E-state index is 0.0920. The molecule has 1 aromatic carbocycles. The van der Waals surface area contributed by atoms with E-state index in [1.54, 1.807) is 12.1 Å². The van der Waals surface area contributed by atoms with E-state index >= 15 is 0 Å². The molecular weight excluding hydrogens is 352 g/mol. The molecule has 1 fully saturated rings. The number of halogens is 1. The van der Waals surface area contributed by atoms with E-state index in [4.69, 9.17) is 5.73 Å². The second-order valence-corrected chi connectivity index (χ2v) is 6.74. The van der Waals surface area contributed by atoms with E-state index in [9.17, 15) is 4.79 Å². The van der Waals surface area contributed by atoms with Crippen molar-refractivity contribution in [3.63, 3.8) is 0 Å². The molecule has 1 aromatic rings. The van der Waals surface area contributed by atoms with Crippen molar-refractivity contribution in [3.05, 3.63) is 34.3 Å². The normalized spacial score (nSPS) is 15.9. The van der Waals surface area contributed by atoms with Crippen LogP contribution < -0.4 is 11.1 Å². The molecule has 0 bridgehead atoms. The molecule has 0 aromatic heterocycles. The van der Waals surface area contributed by atoms with Crippen LogP contribution in [0.3, 0.4) is 0 Å². The van der Waals surface area contributed by atoms with Gasteiger partial charge < -0.3 is 16.0 Å². The van der Waals surface area contributed by atoms with E-state index in [0.29, 0.717) is 24.6 Å². The molecule has 1 aliphatic rings. The van der Waals surface area contributed by atoms with E-state index in [1.807, 2.05) is 23.9 Å². The Labute approximate surface area is 137 Å². The van der Waals surface area contributed by atoms with Crippen LogP contribution in [0.5, 0.6) is 0 Å². The Kier molecular flexibility index (Phi) is 6.38. The van der Waals surface area contributed by atoms with E-state index in [-0.39, 0.29) is 5.91 Å². The number of nitrogens with two attached hydrogens (primary N) is 1. The van der Waals surface area contributed by atoms with Gasteiger partial charge in [-0.25, -0.2) is 0 Å². The molecule has 1 heterocycles. The van der Waals surface area contributed by atoms with Gasteiger partial charge in [0.05, 0.1) is 6.54 Å². The van der Waals surface area contributed by atoms with Gasteiger partial charge in [0.15, 0.2) is 5.96 Å². The Hall–Kier alpha value is -1.21. The highest BCUT2D eigenvalue weighted by molar-refractivity contribution is 9.10. The maximum Gasteiger partial charge on any atom is 0.251 e. The van der Waals surface area contributed by atoms with Gasteiger partial charge in [0.25, 0.3) is 5.91 Å². The van der Waals surface area contributed by atoms with Gasteiger partial charge in [-0.3, -0.25) is 9.79 Å². The molecule has 1 aliphatic heterocycles. The summed E-state index contributed by atoms with van der Waals surface area (Å²) in [5.41, 5.74) is 6.58. The molecule has 5 nitrogen and oxygen atoms in total. The highest BCUT2D eigenvalue weighted by Crippen LogP contribution is 2.10. The molecule has 0 unspecified atom stereocenters. The van der Waals surface area contributed by atoms with Crippen molar-refractivity contribution in [2.24, 2.45) is 10.7 Å². The zero-order valence-electron chi connectivity index (χ0n) is 11.7. The number of nitrogens with one attached hydrogen (secondary N) is 1. The van der Waals surface area contributed by atoms with Crippen LogP contribution in [0.15, 0.2) is 33.7 Å². The first-order chi connectivity index (χ1) is 10.2. The lowest BCUT2D eigenvalue weighted by Gasteiger charge is -2.27. The van der Waals surface area contributed by atoms with Gasteiger partial charge in [-0.1, -0.05) is 15.9 Å². The lowest BCUT2D eigenvalue weighted by atomic mass is 10.2. The number of aliphatic imine (C=N–C) groups is 1. The van der Waals surface area contributed by atoms with Crippen molar-refractivity contribution in [2.45, 2.75) is 0 Å². The number of rotatable bonds is 4. The molecule has 1 amide bonds. The zero-order chi connectivity index (χ0) is 15.1. The molecule has 0 saturated carbocycles. The van der Waals surface area contributed by atoms with Crippen molar-refractivity contribution >= 4 is 39.6 Å². The molecule has 1 saturated heterocycles. The summed E-state index contributed by atoms with van der Waals surface area (Å²) in [7, 11) is 0. The molecule has 3 N–H and O–H groups in total. The van der Waals surface area contributed by atoms with Crippen LogP contribution >= 0.6 is 27.7 Å². The van der Waals surface area contributed by atoms with Gasteiger partial charge in [-0.05, 0) is 24.3 Å². The lowest BCUT2D eigenvalue weighted by molar-refractivity contribution is 0.0955. The molecule has 2 rings (SSSR count). The van der Waals surface area contributed by atoms with Crippen LogP contribution in [0.2, 0.25) is 0 Å². The van der Waals surface area contributed by atoms with Gasteiger partial charge in [-0.15, -0.1) is 0 Å². The summed E-state index contributed by atoms with van der Waals surface area (Å²) < 4.78 is 0.955.